The Hall–Kier alpha value is -3.30. The average Bonchev–Trinajstić information content (AvgIpc) is 3.27. The molecule has 5 aromatic rings. The number of amides is 1. The zero-order chi connectivity index (χ0) is 24.4. The van der Waals surface area contributed by atoms with Crippen molar-refractivity contribution in [3.8, 4) is 11.5 Å². The van der Waals surface area contributed by atoms with Crippen LogP contribution in [-0.2, 0) is 11.2 Å². The molecular weight excluding hydrogens is 528 g/mol. The second-order valence-corrected chi connectivity index (χ2v) is 9.75. The van der Waals surface area contributed by atoms with Crippen LogP contribution in [0.1, 0.15) is 5.56 Å². The number of benzene rings is 3. The van der Waals surface area contributed by atoms with Crippen molar-refractivity contribution in [2.45, 2.75) is 11.6 Å². The van der Waals surface area contributed by atoms with Gasteiger partial charge in [0.25, 0.3) is 0 Å². The van der Waals surface area contributed by atoms with Gasteiger partial charge in [0.2, 0.25) is 5.91 Å². The number of carbonyl (C=O) groups is 1. The fourth-order valence-electron chi connectivity index (χ4n) is 4.00. The van der Waals surface area contributed by atoms with Crippen LogP contribution in [0, 0.1) is 0 Å². The Balaban J connectivity index is 1.32. The molecule has 7 nitrogen and oxygen atoms in total. The van der Waals surface area contributed by atoms with Gasteiger partial charge in [-0.15, -0.1) is 0 Å². The number of nitrogens with zero attached hydrogens (tertiary/aromatic N) is 3. The number of para-hydroxylation sites is 2. The molecule has 0 aliphatic rings. The number of ether oxygens (including phenoxy) is 2. The number of fused-ring (bicyclic) bond motifs is 5. The zero-order valence-corrected chi connectivity index (χ0v) is 21.6. The number of carbonyl (C=O) groups excluding carboxylic acids is 1. The minimum atomic E-state index is -0.0502. The molecule has 1 N–H and O–H groups in total. The van der Waals surface area contributed by atoms with Crippen molar-refractivity contribution in [1.82, 2.24) is 19.7 Å². The van der Waals surface area contributed by atoms with Crippen LogP contribution in [0.4, 0.5) is 0 Å². The highest BCUT2D eigenvalue weighted by atomic mass is 79.9. The Morgan fingerprint density at radius 3 is 2.66 bits per heavy atom. The van der Waals surface area contributed by atoms with Crippen LogP contribution in [0.3, 0.4) is 0 Å². The third kappa shape index (κ3) is 4.78. The van der Waals surface area contributed by atoms with Crippen LogP contribution in [-0.4, -0.2) is 46.8 Å². The molecule has 0 atom stereocenters. The summed E-state index contributed by atoms with van der Waals surface area (Å²) in [5.41, 5.74) is 4.59. The fraction of sp³-hybridized carbons (Fsp3) is 0.192. The van der Waals surface area contributed by atoms with Crippen molar-refractivity contribution in [1.29, 1.82) is 0 Å². The summed E-state index contributed by atoms with van der Waals surface area (Å²) < 4.78 is 13.6. The molecule has 0 aliphatic carbocycles. The molecule has 2 aromatic heterocycles. The molecule has 178 valence electrons. The van der Waals surface area contributed by atoms with Crippen molar-refractivity contribution in [2.24, 2.45) is 0 Å². The predicted molar refractivity (Wildman–Crippen MR) is 143 cm³/mol. The largest absolute Gasteiger partial charge is 0.493 e. The van der Waals surface area contributed by atoms with Crippen LogP contribution in [0.5, 0.6) is 11.5 Å². The standard InChI is InChI=1S/C26H23BrN4O3S/c1-33-22-10-7-16(13-23(22)34-2)11-12-28-24(32)15-35-26-30-19-9-8-17(27)14-18(19)25-29-20-5-3-4-6-21(20)31(25)26/h3-10,13-14H,11-12,15H2,1-2H3,(H,28,32). The lowest BCUT2D eigenvalue weighted by Crippen LogP contribution is -2.27. The smallest absolute Gasteiger partial charge is 0.230 e. The van der Waals surface area contributed by atoms with Crippen molar-refractivity contribution >= 4 is 61.2 Å². The maximum absolute atomic E-state index is 12.6. The molecule has 5 rings (SSSR count). The predicted octanol–water partition coefficient (Wildman–Crippen LogP) is 5.27. The molecule has 0 saturated heterocycles. The minimum absolute atomic E-state index is 0.0502. The van der Waals surface area contributed by atoms with Crippen molar-refractivity contribution in [3.05, 3.63) is 70.7 Å². The first kappa shape index (κ1) is 23.4. The highest BCUT2D eigenvalue weighted by Gasteiger charge is 2.16. The van der Waals surface area contributed by atoms with Gasteiger partial charge in [-0.05, 0) is 54.4 Å². The molecule has 1 amide bonds. The first-order valence-electron chi connectivity index (χ1n) is 11.0. The quantitative estimate of drug-likeness (QED) is 0.209. The van der Waals surface area contributed by atoms with E-state index < -0.39 is 0 Å². The van der Waals surface area contributed by atoms with E-state index >= 15 is 0 Å². The highest BCUT2D eigenvalue weighted by molar-refractivity contribution is 9.10. The fourth-order valence-corrected chi connectivity index (χ4v) is 5.20. The molecule has 0 aliphatic heterocycles. The van der Waals surface area contributed by atoms with E-state index in [1.807, 2.05) is 65.1 Å². The number of nitrogens with one attached hydrogen (secondary N) is 1. The molecule has 0 fully saturated rings. The lowest BCUT2D eigenvalue weighted by atomic mass is 10.1. The second kappa shape index (κ2) is 10.1. The average molecular weight is 551 g/mol. The number of rotatable bonds is 8. The number of hydrogen-bond acceptors (Lipinski definition) is 6. The van der Waals surface area contributed by atoms with Gasteiger partial charge in [-0.25, -0.2) is 9.97 Å². The molecule has 0 spiro atoms. The molecule has 2 heterocycles. The van der Waals surface area contributed by atoms with Crippen LogP contribution in [0.25, 0.3) is 27.6 Å². The van der Waals surface area contributed by atoms with Gasteiger partial charge in [-0.1, -0.05) is 45.9 Å². The lowest BCUT2D eigenvalue weighted by Gasteiger charge is -2.11. The van der Waals surface area contributed by atoms with E-state index in [2.05, 4.69) is 21.2 Å². The number of imidazole rings is 1. The van der Waals surface area contributed by atoms with Gasteiger partial charge in [0.05, 0.1) is 36.5 Å². The first-order valence-corrected chi connectivity index (χ1v) is 12.8. The Morgan fingerprint density at radius 1 is 1.00 bits per heavy atom. The Bertz CT molecular complexity index is 1550. The summed E-state index contributed by atoms with van der Waals surface area (Å²) in [6, 6.07) is 19.7. The molecule has 0 saturated carbocycles. The van der Waals surface area contributed by atoms with E-state index in [0.717, 1.165) is 42.8 Å². The molecule has 35 heavy (non-hydrogen) atoms. The topological polar surface area (TPSA) is 77.8 Å². The van der Waals surface area contributed by atoms with Gasteiger partial charge in [0.15, 0.2) is 16.7 Å². The summed E-state index contributed by atoms with van der Waals surface area (Å²) in [6.07, 6.45) is 0.691. The SMILES string of the molecule is COc1ccc(CCNC(=O)CSc2nc3ccc(Br)cc3c3nc4ccccc4n23)cc1OC. The molecule has 9 heteroatoms. The molecular formula is C26H23BrN4O3S. The third-order valence-electron chi connectivity index (χ3n) is 5.68. The summed E-state index contributed by atoms with van der Waals surface area (Å²) >= 11 is 4.96. The molecule has 0 bridgehead atoms. The summed E-state index contributed by atoms with van der Waals surface area (Å²) in [5, 5.41) is 4.69. The van der Waals surface area contributed by atoms with Gasteiger partial charge >= 0.3 is 0 Å². The van der Waals surface area contributed by atoms with Crippen LogP contribution < -0.4 is 14.8 Å². The van der Waals surface area contributed by atoms with E-state index in [1.165, 1.54) is 11.8 Å². The van der Waals surface area contributed by atoms with E-state index in [0.29, 0.717) is 24.5 Å². The Kier molecular flexibility index (Phi) is 6.79. The third-order valence-corrected chi connectivity index (χ3v) is 7.12. The maximum atomic E-state index is 12.6. The van der Waals surface area contributed by atoms with Crippen molar-refractivity contribution < 1.29 is 14.3 Å². The zero-order valence-electron chi connectivity index (χ0n) is 19.2. The maximum Gasteiger partial charge on any atom is 0.230 e. The first-order chi connectivity index (χ1) is 17.1. The van der Waals surface area contributed by atoms with E-state index in [-0.39, 0.29) is 11.7 Å². The van der Waals surface area contributed by atoms with Crippen LogP contribution >= 0.6 is 27.7 Å². The normalized spacial score (nSPS) is 11.3. The van der Waals surface area contributed by atoms with E-state index in [1.54, 1.807) is 14.2 Å². The Labute approximate surface area is 215 Å². The monoisotopic (exact) mass is 550 g/mol. The second-order valence-electron chi connectivity index (χ2n) is 7.89. The van der Waals surface area contributed by atoms with Gasteiger partial charge in [-0.2, -0.15) is 0 Å². The van der Waals surface area contributed by atoms with E-state index in [4.69, 9.17) is 19.4 Å². The number of aromatic nitrogens is 3. The number of methoxy groups -OCH3 is 2. The summed E-state index contributed by atoms with van der Waals surface area (Å²) in [4.78, 5) is 22.4. The van der Waals surface area contributed by atoms with Crippen molar-refractivity contribution in [3.63, 3.8) is 0 Å². The molecule has 0 radical (unpaired) electrons. The van der Waals surface area contributed by atoms with E-state index in [9.17, 15) is 4.79 Å². The molecule has 0 unspecified atom stereocenters. The number of halogens is 1. The minimum Gasteiger partial charge on any atom is -0.493 e. The lowest BCUT2D eigenvalue weighted by molar-refractivity contribution is -0.118. The van der Waals surface area contributed by atoms with Gasteiger partial charge in [0.1, 0.15) is 5.65 Å². The highest BCUT2D eigenvalue weighted by Crippen LogP contribution is 2.30. The van der Waals surface area contributed by atoms with Crippen molar-refractivity contribution in [2.75, 3.05) is 26.5 Å². The van der Waals surface area contributed by atoms with Gasteiger partial charge < -0.3 is 14.8 Å². The number of thioether (sulfide) groups is 1. The summed E-state index contributed by atoms with van der Waals surface area (Å²) in [7, 11) is 3.22. The van der Waals surface area contributed by atoms with Crippen LogP contribution in [0.15, 0.2) is 70.3 Å². The summed E-state index contributed by atoms with van der Waals surface area (Å²) in [5.74, 6) is 1.57. The Morgan fingerprint density at radius 2 is 1.83 bits per heavy atom. The van der Waals surface area contributed by atoms with Crippen LogP contribution in [0.2, 0.25) is 0 Å². The number of hydrogen-bond donors (Lipinski definition) is 1. The van der Waals surface area contributed by atoms with Gasteiger partial charge in [0, 0.05) is 16.4 Å². The summed E-state index contributed by atoms with van der Waals surface area (Å²) in [6.45, 7) is 0.525. The molecule has 3 aromatic carbocycles. The van der Waals surface area contributed by atoms with Gasteiger partial charge in [-0.3, -0.25) is 9.20 Å².